The summed E-state index contributed by atoms with van der Waals surface area (Å²) in [5, 5.41) is 0. The van der Waals surface area contributed by atoms with Crippen molar-refractivity contribution in [2.24, 2.45) is 0 Å². The van der Waals surface area contributed by atoms with Gasteiger partial charge in [-0.3, -0.25) is 4.79 Å². The first-order valence-electron chi connectivity index (χ1n) is 6.10. The number of benzene rings is 1. The number of carbonyl (C=O) groups excluding carboxylic acids is 2. The zero-order chi connectivity index (χ0) is 13.3. The van der Waals surface area contributed by atoms with E-state index < -0.39 is 12.1 Å². The van der Waals surface area contributed by atoms with E-state index >= 15 is 0 Å². The van der Waals surface area contributed by atoms with Crippen LogP contribution in [0.4, 0.5) is 0 Å². The minimum atomic E-state index is -0.695. The van der Waals surface area contributed by atoms with Gasteiger partial charge < -0.3 is 9.64 Å². The van der Waals surface area contributed by atoms with Crippen LogP contribution in [0.3, 0.4) is 0 Å². The van der Waals surface area contributed by atoms with Gasteiger partial charge in [0.2, 0.25) is 0 Å². The van der Waals surface area contributed by atoms with E-state index in [9.17, 15) is 9.59 Å². The van der Waals surface area contributed by atoms with Crippen LogP contribution in [-0.2, 0) is 14.3 Å². The Bertz CT molecular complexity index is 457. The summed E-state index contributed by atoms with van der Waals surface area (Å²) in [6.45, 7) is 5.23. The van der Waals surface area contributed by atoms with Gasteiger partial charge in [0.1, 0.15) is 6.04 Å². The van der Waals surface area contributed by atoms with Gasteiger partial charge in [0.05, 0.1) is 6.04 Å². The third-order valence-corrected chi connectivity index (χ3v) is 3.35. The molecule has 0 spiro atoms. The Labute approximate surface area is 107 Å². The molecule has 0 bridgehead atoms. The number of ether oxygens (including phenoxy) is 1. The predicted molar refractivity (Wildman–Crippen MR) is 66.7 cm³/mol. The smallest absolute Gasteiger partial charge is 0.329 e. The molecule has 1 heterocycles. The van der Waals surface area contributed by atoms with Crippen molar-refractivity contribution in [1.82, 2.24) is 4.90 Å². The Kier molecular flexibility index (Phi) is 3.36. The van der Waals surface area contributed by atoms with Gasteiger partial charge in [-0.25, -0.2) is 4.79 Å². The van der Waals surface area contributed by atoms with Crippen molar-refractivity contribution in [2.45, 2.75) is 39.0 Å². The van der Waals surface area contributed by atoms with E-state index in [-0.39, 0.29) is 17.9 Å². The average Bonchev–Trinajstić information content (AvgIpc) is 2.37. The van der Waals surface area contributed by atoms with Crippen molar-refractivity contribution in [3.8, 4) is 0 Å². The highest BCUT2D eigenvalue weighted by molar-refractivity contribution is 5.92. The van der Waals surface area contributed by atoms with Crippen LogP contribution in [0.25, 0.3) is 0 Å². The third-order valence-electron chi connectivity index (χ3n) is 3.35. The molecular weight excluding hydrogens is 230 g/mol. The van der Waals surface area contributed by atoms with Crippen LogP contribution in [0.5, 0.6) is 0 Å². The van der Waals surface area contributed by atoms with Gasteiger partial charge >= 0.3 is 5.97 Å². The molecule has 1 amide bonds. The number of amides is 1. The molecule has 4 nitrogen and oxygen atoms in total. The van der Waals surface area contributed by atoms with Gasteiger partial charge in [-0.15, -0.1) is 0 Å². The highest BCUT2D eigenvalue weighted by Gasteiger charge is 2.40. The molecule has 1 aromatic rings. The Hall–Kier alpha value is -1.84. The fourth-order valence-electron chi connectivity index (χ4n) is 2.26. The van der Waals surface area contributed by atoms with Crippen molar-refractivity contribution in [2.75, 3.05) is 0 Å². The number of nitrogens with zero attached hydrogens (tertiary/aromatic N) is 1. The Morgan fingerprint density at radius 1 is 1.17 bits per heavy atom. The number of cyclic esters (lactones) is 1. The Balaban J connectivity index is 2.30. The normalized spacial score (nSPS) is 25.8. The quantitative estimate of drug-likeness (QED) is 0.750. The largest absolute Gasteiger partial charge is 0.451 e. The number of hydrogen-bond acceptors (Lipinski definition) is 3. The van der Waals surface area contributed by atoms with E-state index in [2.05, 4.69) is 0 Å². The molecule has 2 rings (SSSR count). The minimum Gasteiger partial charge on any atom is -0.451 e. The van der Waals surface area contributed by atoms with Gasteiger partial charge in [-0.2, -0.15) is 0 Å². The highest BCUT2D eigenvalue weighted by Crippen LogP contribution is 2.27. The predicted octanol–water partition coefficient (Wildman–Crippen LogP) is 1.91. The number of hydrogen-bond donors (Lipinski definition) is 0. The monoisotopic (exact) mass is 247 g/mol. The molecule has 96 valence electrons. The van der Waals surface area contributed by atoms with Crippen molar-refractivity contribution in [3.63, 3.8) is 0 Å². The Morgan fingerprint density at radius 2 is 1.78 bits per heavy atom. The lowest BCUT2D eigenvalue weighted by Crippen LogP contribution is -2.55. The molecule has 1 saturated heterocycles. The van der Waals surface area contributed by atoms with Crippen LogP contribution in [0.2, 0.25) is 0 Å². The lowest BCUT2D eigenvalue weighted by molar-refractivity contribution is -0.178. The molecule has 1 fully saturated rings. The molecule has 1 aliphatic heterocycles. The molecule has 4 heteroatoms. The van der Waals surface area contributed by atoms with Crippen LogP contribution in [-0.4, -0.2) is 28.9 Å². The summed E-state index contributed by atoms with van der Waals surface area (Å²) in [7, 11) is 0. The average molecular weight is 247 g/mol. The van der Waals surface area contributed by atoms with Gasteiger partial charge in [-0.05, 0) is 26.3 Å². The highest BCUT2D eigenvalue weighted by atomic mass is 16.6. The third kappa shape index (κ3) is 2.10. The van der Waals surface area contributed by atoms with Gasteiger partial charge in [0, 0.05) is 0 Å². The van der Waals surface area contributed by atoms with E-state index in [1.165, 1.54) is 0 Å². The topological polar surface area (TPSA) is 46.6 Å². The zero-order valence-corrected chi connectivity index (χ0v) is 10.8. The molecule has 3 atom stereocenters. The zero-order valence-electron chi connectivity index (χ0n) is 10.8. The SMILES string of the molecule is C[C@@H]1OC(=O)[C@@H](C)N([C@@H](C)c2ccccc2)C1=O. The molecule has 0 N–H and O–H groups in total. The summed E-state index contributed by atoms with van der Waals surface area (Å²) in [4.78, 5) is 25.4. The fraction of sp³-hybridized carbons (Fsp3) is 0.429. The van der Waals surface area contributed by atoms with Crippen molar-refractivity contribution >= 4 is 11.9 Å². The van der Waals surface area contributed by atoms with Crippen LogP contribution in [0, 0.1) is 0 Å². The van der Waals surface area contributed by atoms with Crippen molar-refractivity contribution in [1.29, 1.82) is 0 Å². The van der Waals surface area contributed by atoms with Crippen molar-refractivity contribution < 1.29 is 14.3 Å². The van der Waals surface area contributed by atoms with Crippen molar-refractivity contribution in [3.05, 3.63) is 35.9 Å². The van der Waals surface area contributed by atoms with Crippen LogP contribution >= 0.6 is 0 Å². The number of rotatable bonds is 2. The van der Waals surface area contributed by atoms with Gasteiger partial charge in [-0.1, -0.05) is 30.3 Å². The minimum absolute atomic E-state index is 0.135. The molecule has 0 aromatic heterocycles. The second-order valence-electron chi connectivity index (χ2n) is 4.59. The van der Waals surface area contributed by atoms with Gasteiger partial charge in [0.25, 0.3) is 5.91 Å². The molecule has 18 heavy (non-hydrogen) atoms. The fourth-order valence-corrected chi connectivity index (χ4v) is 2.26. The Morgan fingerprint density at radius 3 is 2.39 bits per heavy atom. The molecule has 1 aliphatic rings. The summed E-state index contributed by atoms with van der Waals surface area (Å²) in [5.41, 5.74) is 1.01. The van der Waals surface area contributed by atoms with Gasteiger partial charge in [0.15, 0.2) is 6.10 Å². The lowest BCUT2D eigenvalue weighted by Gasteiger charge is -2.39. The number of carbonyl (C=O) groups is 2. The molecule has 0 unspecified atom stereocenters. The molecule has 1 aromatic carbocycles. The number of esters is 1. The van der Waals surface area contributed by atoms with E-state index in [4.69, 9.17) is 4.74 Å². The number of morpholine rings is 1. The van der Waals surface area contributed by atoms with E-state index in [1.54, 1.807) is 18.7 Å². The standard InChI is InChI=1S/C14H17NO3/c1-9(12-7-5-4-6-8-12)15-10(2)14(17)18-11(3)13(15)16/h4-11H,1-3H3/t9-,10+,11-/m0/s1. The lowest BCUT2D eigenvalue weighted by atomic mass is 10.0. The second kappa shape index (κ2) is 4.80. The summed E-state index contributed by atoms with van der Waals surface area (Å²) < 4.78 is 5.00. The molecule has 0 radical (unpaired) electrons. The summed E-state index contributed by atoms with van der Waals surface area (Å²) in [6.07, 6.45) is -0.695. The summed E-state index contributed by atoms with van der Waals surface area (Å²) >= 11 is 0. The summed E-state index contributed by atoms with van der Waals surface area (Å²) in [5.74, 6) is -0.483. The van der Waals surface area contributed by atoms with E-state index in [0.29, 0.717) is 0 Å². The maximum absolute atomic E-state index is 12.1. The maximum atomic E-state index is 12.1. The first kappa shape index (κ1) is 12.6. The first-order valence-corrected chi connectivity index (χ1v) is 6.10. The molecule has 0 saturated carbocycles. The van der Waals surface area contributed by atoms with Crippen LogP contribution < -0.4 is 0 Å². The first-order chi connectivity index (χ1) is 8.52. The van der Waals surface area contributed by atoms with Crippen LogP contribution in [0.1, 0.15) is 32.4 Å². The maximum Gasteiger partial charge on any atom is 0.329 e. The molecular formula is C14H17NO3. The van der Waals surface area contributed by atoms with E-state index in [1.807, 2.05) is 37.3 Å². The van der Waals surface area contributed by atoms with Crippen LogP contribution in [0.15, 0.2) is 30.3 Å². The second-order valence-corrected chi connectivity index (χ2v) is 4.59. The molecule has 0 aliphatic carbocycles. The van der Waals surface area contributed by atoms with E-state index in [0.717, 1.165) is 5.56 Å². The summed E-state index contributed by atoms with van der Waals surface area (Å²) in [6, 6.07) is 9.01.